The number of rotatable bonds is 3. The van der Waals surface area contributed by atoms with E-state index in [0.717, 1.165) is 10.5 Å². The summed E-state index contributed by atoms with van der Waals surface area (Å²) in [5.74, 6) is -0.501. The molecule has 0 saturated carbocycles. The van der Waals surface area contributed by atoms with Crippen LogP contribution in [0.2, 0.25) is 0 Å². The van der Waals surface area contributed by atoms with Crippen molar-refractivity contribution in [2.24, 2.45) is 0 Å². The van der Waals surface area contributed by atoms with Gasteiger partial charge in [0, 0.05) is 19.4 Å². The smallest absolute Gasteiger partial charge is 0.416 e. The second-order valence-corrected chi connectivity index (χ2v) is 4.14. The SMILES string of the molecule is O=C1CCCN1C(=O)OCCc1cccc(F)c1. The van der Waals surface area contributed by atoms with Gasteiger partial charge in [0.2, 0.25) is 5.91 Å². The fourth-order valence-corrected chi connectivity index (χ4v) is 1.87. The van der Waals surface area contributed by atoms with Gasteiger partial charge in [-0.15, -0.1) is 0 Å². The molecule has 0 aliphatic carbocycles. The van der Waals surface area contributed by atoms with Crippen LogP contribution in [0.15, 0.2) is 24.3 Å². The van der Waals surface area contributed by atoms with Gasteiger partial charge < -0.3 is 4.74 Å². The number of amides is 2. The topological polar surface area (TPSA) is 46.6 Å². The van der Waals surface area contributed by atoms with E-state index in [1.54, 1.807) is 12.1 Å². The summed E-state index contributed by atoms with van der Waals surface area (Å²) in [7, 11) is 0. The Balaban J connectivity index is 1.78. The molecule has 1 fully saturated rings. The summed E-state index contributed by atoms with van der Waals surface area (Å²) in [5.41, 5.74) is 0.760. The van der Waals surface area contributed by atoms with E-state index >= 15 is 0 Å². The molecule has 2 amide bonds. The molecular formula is C13H14FNO3. The van der Waals surface area contributed by atoms with Crippen molar-refractivity contribution < 1.29 is 18.7 Å². The first-order chi connectivity index (χ1) is 8.66. The zero-order chi connectivity index (χ0) is 13.0. The molecule has 18 heavy (non-hydrogen) atoms. The van der Waals surface area contributed by atoms with Crippen LogP contribution in [0, 0.1) is 5.82 Å². The number of likely N-dealkylation sites (tertiary alicyclic amines) is 1. The lowest BCUT2D eigenvalue weighted by Crippen LogP contribution is -2.32. The minimum absolute atomic E-state index is 0.145. The highest BCUT2D eigenvalue weighted by molar-refractivity contribution is 5.93. The fourth-order valence-electron chi connectivity index (χ4n) is 1.87. The first-order valence-electron chi connectivity index (χ1n) is 5.88. The number of carbonyl (C=O) groups excluding carboxylic acids is 2. The van der Waals surface area contributed by atoms with Crippen molar-refractivity contribution in [3.8, 4) is 0 Å². The van der Waals surface area contributed by atoms with Crippen LogP contribution in [0.1, 0.15) is 18.4 Å². The molecule has 1 aliphatic rings. The molecule has 0 N–H and O–H groups in total. The first kappa shape index (κ1) is 12.5. The van der Waals surface area contributed by atoms with Crippen molar-refractivity contribution in [2.45, 2.75) is 19.3 Å². The van der Waals surface area contributed by atoms with Crippen LogP contribution >= 0.6 is 0 Å². The Morgan fingerprint density at radius 2 is 2.28 bits per heavy atom. The lowest BCUT2D eigenvalue weighted by molar-refractivity contribution is -0.126. The number of halogens is 1. The molecule has 0 unspecified atom stereocenters. The third kappa shape index (κ3) is 3.06. The van der Waals surface area contributed by atoms with Gasteiger partial charge in [-0.05, 0) is 24.1 Å². The van der Waals surface area contributed by atoms with Crippen molar-refractivity contribution in [1.82, 2.24) is 4.90 Å². The molecule has 0 aromatic heterocycles. The summed E-state index contributed by atoms with van der Waals surface area (Å²) < 4.78 is 17.9. The molecule has 0 bridgehead atoms. The van der Waals surface area contributed by atoms with Gasteiger partial charge in [-0.2, -0.15) is 0 Å². The van der Waals surface area contributed by atoms with Crippen LogP contribution in [0.4, 0.5) is 9.18 Å². The highest BCUT2D eigenvalue weighted by Gasteiger charge is 2.27. The Kier molecular flexibility index (Phi) is 3.92. The molecule has 1 aromatic carbocycles. The Labute approximate surface area is 104 Å². The molecule has 0 radical (unpaired) electrons. The molecule has 5 heteroatoms. The van der Waals surface area contributed by atoms with Gasteiger partial charge in [-0.3, -0.25) is 4.79 Å². The van der Waals surface area contributed by atoms with E-state index in [1.807, 2.05) is 0 Å². The monoisotopic (exact) mass is 251 g/mol. The molecule has 0 spiro atoms. The Hall–Kier alpha value is -1.91. The third-order valence-corrected chi connectivity index (χ3v) is 2.80. The predicted molar refractivity (Wildman–Crippen MR) is 62.4 cm³/mol. The van der Waals surface area contributed by atoms with Gasteiger partial charge in [-0.1, -0.05) is 12.1 Å². The van der Waals surface area contributed by atoms with Gasteiger partial charge in [0.15, 0.2) is 0 Å². The van der Waals surface area contributed by atoms with Gasteiger partial charge in [0.05, 0.1) is 6.61 Å². The van der Waals surface area contributed by atoms with Crippen LogP contribution in [-0.2, 0) is 16.0 Å². The van der Waals surface area contributed by atoms with E-state index < -0.39 is 6.09 Å². The fraction of sp³-hybridized carbons (Fsp3) is 0.385. The van der Waals surface area contributed by atoms with Gasteiger partial charge in [0.1, 0.15) is 5.82 Å². The lowest BCUT2D eigenvalue weighted by atomic mass is 10.2. The van der Waals surface area contributed by atoms with Crippen LogP contribution < -0.4 is 0 Å². The summed E-state index contributed by atoms with van der Waals surface area (Å²) in [6, 6.07) is 6.13. The van der Waals surface area contributed by atoms with E-state index in [0.29, 0.717) is 25.8 Å². The number of carbonyl (C=O) groups is 2. The van der Waals surface area contributed by atoms with Crippen molar-refractivity contribution in [3.05, 3.63) is 35.6 Å². The maximum atomic E-state index is 12.9. The average molecular weight is 251 g/mol. The molecule has 96 valence electrons. The molecular weight excluding hydrogens is 237 g/mol. The van der Waals surface area contributed by atoms with Crippen LogP contribution in [0.3, 0.4) is 0 Å². The first-order valence-corrected chi connectivity index (χ1v) is 5.88. The summed E-state index contributed by atoms with van der Waals surface area (Å²) in [6.45, 7) is 0.573. The predicted octanol–water partition coefficient (Wildman–Crippen LogP) is 2.13. The van der Waals surface area contributed by atoms with E-state index in [1.165, 1.54) is 12.1 Å². The quantitative estimate of drug-likeness (QED) is 0.826. The minimum Gasteiger partial charge on any atom is -0.449 e. The zero-order valence-corrected chi connectivity index (χ0v) is 9.89. The second-order valence-electron chi connectivity index (χ2n) is 4.14. The van der Waals surface area contributed by atoms with E-state index in [4.69, 9.17) is 4.74 Å². The summed E-state index contributed by atoms with van der Waals surface area (Å²) in [4.78, 5) is 23.9. The van der Waals surface area contributed by atoms with Crippen molar-refractivity contribution in [3.63, 3.8) is 0 Å². The minimum atomic E-state index is -0.603. The average Bonchev–Trinajstić information content (AvgIpc) is 2.75. The van der Waals surface area contributed by atoms with Gasteiger partial charge in [0.25, 0.3) is 0 Å². The second kappa shape index (κ2) is 5.62. The molecule has 2 rings (SSSR count). The lowest BCUT2D eigenvalue weighted by Gasteiger charge is -2.13. The van der Waals surface area contributed by atoms with Crippen LogP contribution in [-0.4, -0.2) is 30.1 Å². The van der Waals surface area contributed by atoms with Gasteiger partial charge >= 0.3 is 6.09 Å². The molecule has 4 nitrogen and oxygen atoms in total. The van der Waals surface area contributed by atoms with Crippen molar-refractivity contribution in [1.29, 1.82) is 0 Å². The number of hydrogen-bond acceptors (Lipinski definition) is 3. The molecule has 1 heterocycles. The maximum absolute atomic E-state index is 12.9. The summed E-state index contributed by atoms with van der Waals surface area (Å²) in [6.07, 6.45) is 0.927. The number of nitrogens with zero attached hydrogens (tertiary/aromatic N) is 1. The van der Waals surface area contributed by atoms with Crippen LogP contribution in [0.25, 0.3) is 0 Å². The summed E-state index contributed by atoms with van der Waals surface area (Å²) >= 11 is 0. The molecule has 1 saturated heterocycles. The standard InChI is InChI=1S/C13H14FNO3/c14-11-4-1-3-10(9-11)6-8-18-13(17)15-7-2-5-12(15)16/h1,3-4,9H,2,5-8H2. The van der Waals surface area contributed by atoms with E-state index in [-0.39, 0.29) is 18.3 Å². The third-order valence-electron chi connectivity index (χ3n) is 2.80. The van der Waals surface area contributed by atoms with Crippen molar-refractivity contribution in [2.75, 3.05) is 13.2 Å². The van der Waals surface area contributed by atoms with Gasteiger partial charge in [-0.25, -0.2) is 14.1 Å². The number of hydrogen-bond donors (Lipinski definition) is 0. The normalized spacial score (nSPS) is 14.9. The largest absolute Gasteiger partial charge is 0.449 e. The molecule has 1 aliphatic heterocycles. The number of benzene rings is 1. The number of ether oxygens (including phenoxy) is 1. The van der Waals surface area contributed by atoms with E-state index in [9.17, 15) is 14.0 Å². The Morgan fingerprint density at radius 1 is 1.44 bits per heavy atom. The zero-order valence-electron chi connectivity index (χ0n) is 9.89. The number of imide groups is 1. The van der Waals surface area contributed by atoms with Crippen LogP contribution in [0.5, 0.6) is 0 Å². The summed E-state index contributed by atoms with van der Waals surface area (Å²) in [5, 5.41) is 0. The molecule has 0 atom stereocenters. The van der Waals surface area contributed by atoms with E-state index in [2.05, 4.69) is 0 Å². The Morgan fingerprint density at radius 3 is 2.94 bits per heavy atom. The molecule has 1 aromatic rings. The highest BCUT2D eigenvalue weighted by atomic mass is 19.1. The Bertz CT molecular complexity index is 461. The maximum Gasteiger partial charge on any atom is 0.416 e. The highest BCUT2D eigenvalue weighted by Crippen LogP contribution is 2.11. The van der Waals surface area contributed by atoms with Crippen molar-refractivity contribution >= 4 is 12.0 Å².